The second-order valence-electron chi connectivity index (χ2n) is 22.8. The van der Waals surface area contributed by atoms with Gasteiger partial charge in [0.05, 0.1) is 30.8 Å². The third kappa shape index (κ3) is 67.9. The van der Waals surface area contributed by atoms with E-state index in [1.165, 1.54) is 218 Å². The zero-order chi connectivity index (χ0) is 53.5. The molecule has 0 aromatic heterocycles. The van der Waals surface area contributed by atoms with Crippen LogP contribution >= 0.6 is 0 Å². The summed E-state index contributed by atoms with van der Waals surface area (Å²) in [6, 6.07) is 0. The van der Waals surface area contributed by atoms with Crippen molar-refractivity contribution in [2.75, 3.05) is 13.2 Å². The monoisotopic (exact) mass is 1010 g/mol. The first-order chi connectivity index (χ1) is 34.1. The third-order valence-electron chi connectivity index (χ3n) is 12.8. The van der Waals surface area contributed by atoms with Gasteiger partial charge in [-0.1, -0.05) is 246 Å². The summed E-state index contributed by atoms with van der Waals surface area (Å²) in [4.78, 5) is 45.7. The molecule has 0 saturated heterocycles. The number of unbranched alkanes of at least 4 members (excludes halogenated alkanes) is 34. The van der Waals surface area contributed by atoms with Gasteiger partial charge < -0.3 is 18.9 Å². The predicted octanol–water partition coefficient (Wildman–Crippen LogP) is 20.1. The van der Waals surface area contributed by atoms with Crippen molar-refractivity contribution in [1.82, 2.24) is 0 Å². The Bertz CT molecular complexity index is 1100. The van der Waals surface area contributed by atoms with Gasteiger partial charge in [0.25, 0.3) is 0 Å². The van der Waals surface area contributed by atoms with Crippen LogP contribution in [0, 0.1) is 11.3 Å². The van der Waals surface area contributed by atoms with Crippen molar-refractivity contribution >= 4 is 23.9 Å². The van der Waals surface area contributed by atoms with Crippen molar-refractivity contribution in [3.8, 4) is 0 Å². The van der Waals surface area contributed by atoms with Gasteiger partial charge in [-0.2, -0.15) is 0 Å². The van der Waals surface area contributed by atoms with Gasteiger partial charge >= 0.3 is 23.9 Å². The lowest BCUT2D eigenvalue weighted by molar-refractivity contribution is -0.153. The average Bonchev–Trinajstić information content (AvgIpc) is 3.30. The Hall–Kier alpha value is -2.12. The van der Waals surface area contributed by atoms with Gasteiger partial charge in [0, 0.05) is 19.3 Å². The molecule has 0 fully saturated rings. The Morgan fingerprint density at radius 2 is 0.577 bits per heavy atom. The highest BCUT2D eigenvalue weighted by Gasteiger charge is 2.22. The summed E-state index contributed by atoms with van der Waals surface area (Å²) in [7, 11) is 0. The van der Waals surface area contributed by atoms with Crippen LogP contribution in [0.4, 0.5) is 0 Å². The molecule has 0 bridgehead atoms. The fraction of sp³-hybridized carbons (Fsp3) is 0.937. The Morgan fingerprint density at radius 3 is 0.873 bits per heavy atom. The van der Waals surface area contributed by atoms with Crippen molar-refractivity contribution < 1.29 is 38.1 Å². The van der Waals surface area contributed by atoms with Crippen LogP contribution in [0.15, 0.2) is 0 Å². The van der Waals surface area contributed by atoms with Crippen molar-refractivity contribution in [2.45, 2.75) is 358 Å². The molecule has 0 atom stereocenters. The molecule has 0 aliphatic rings. The molecule has 0 saturated carbocycles. The fourth-order valence-electron chi connectivity index (χ4n) is 8.30. The SMILES string of the molecule is CC(C)CCCCCCCCCCCCCCCOC(=O)C(C)(C)C.CC(C)OC(=O)CCCCC(=O)OC(C)C.CCCCCCCCCCCCCCOC(=O)CCCCCCCCCCCCC. The van der Waals surface area contributed by atoms with Gasteiger partial charge in [-0.3, -0.25) is 19.2 Å². The maximum atomic E-state index is 11.8. The molecule has 0 aliphatic carbocycles. The standard InChI is InChI=1S/C28H56O2.C23H46O2.C12H22O4/c1-3-5-7-9-11-13-15-17-19-21-23-25-27-30-28(29)26-24-22-20-18-16-14-12-10-8-6-4-2;1-21(2)19-17-15-13-11-9-7-6-8-10-12-14-16-18-20-25-22(24)23(3,4)5;1-9(2)15-11(13)7-5-6-8-12(14)16-10(3)4/h3-27H2,1-2H3;21H,6-20H2,1-5H3;9-10H,5-8H2,1-4H3. The minimum Gasteiger partial charge on any atom is -0.466 e. The molecule has 0 radical (unpaired) electrons. The molecular formula is C63H124O8. The molecule has 0 spiro atoms. The fourth-order valence-corrected chi connectivity index (χ4v) is 8.30. The Balaban J connectivity index is -0.00000102. The summed E-state index contributed by atoms with van der Waals surface area (Å²) in [6.45, 7) is 23.4. The smallest absolute Gasteiger partial charge is 0.311 e. The van der Waals surface area contributed by atoms with E-state index in [-0.39, 0.29) is 41.5 Å². The number of carbonyl (C=O) groups excluding carboxylic acids is 4. The highest BCUT2D eigenvalue weighted by Crippen LogP contribution is 2.18. The van der Waals surface area contributed by atoms with Gasteiger partial charge in [-0.15, -0.1) is 0 Å². The molecule has 0 rings (SSSR count). The molecule has 0 aliphatic heterocycles. The number of hydrogen-bond acceptors (Lipinski definition) is 8. The van der Waals surface area contributed by atoms with E-state index in [0.717, 1.165) is 25.2 Å². The Labute approximate surface area is 442 Å². The van der Waals surface area contributed by atoms with E-state index in [9.17, 15) is 19.2 Å². The molecule has 8 nitrogen and oxygen atoms in total. The molecule has 0 aromatic rings. The minimum atomic E-state index is -0.367. The summed E-state index contributed by atoms with van der Waals surface area (Å²) in [5.41, 5.74) is -0.367. The first-order valence-corrected chi connectivity index (χ1v) is 30.8. The average molecular weight is 1010 g/mol. The molecule has 8 heteroatoms. The molecule has 0 unspecified atom stereocenters. The lowest BCUT2D eigenvalue weighted by atomic mass is 9.97. The van der Waals surface area contributed by atoms with Gasteiger partial charge in [0.1, 0.15) is 0 Å². The summed E-state index contributed by atoms with van der Waals surface area (Å²) in [5, 5.41) is 0. The summed E-state index contributed by atoms with van der Waals surface area (Å²) >= 11 is 0. The molecule has 71 heavy (non-hydrogen) atoms. The van der Waals surface area contributed by atoms with Crippen LogP contribution in [-0.4, -0.2) is 49.3 Å². The van der Waals surface area contributed by atoms with Crippen LogP contribution in [0.2, 0.25) is 0 Å². The van der Waals surface area contributed by atoms with Gasteiger partial charge in [-0.25, -0.2) is 0 Å². The summed E-state index contributed by atoms with van der Waals surface area (Å²) in [5.74, 6) is 0.416. The first kappa shape index (κ1) is 73.1. The topological polar surface area (TPSA) is 105 Å². The molecule has 0 heterocycles. The maximum absolute atomic E-state index is 11.8. The van der Waals surface area contributed by atoms with Crippen LogP contribution in [0.1, 0.15) is 346 Å². The number of carbonyl (C=O) groups is 4. The van der Waals surface area contributed by atoms with E-state index in [1.54, 1.807) is 0 Å². The van der Waals surface area contributed by atoms with Crippen molar-refractivity contribution in [3.05, 3.63) is 0 Å². The largest absolute Gasteiger partial charge is 0.466 e. The van der Waals surface area contributed by atoms with Crippen LogP contribution in [0.5, 0.6) is 0 Å². The summed E-state index contributed by atoms with van der Waals surface area (Å²) in [6.07, 6.45) is 52.2. The molecule has 0 N–H and O–H groups in total. The van der Waals surface area contributed by atoms with Crippen LogP contribution in [-0.2, 0) is 38.1 Å². The summed E-state index contributed by atoms with van der Waals surface area (Å²) < 4.78 is 20.6. The van der Waals surface area contributed by atoms with Crippen molar-refractivity contribution in [1.29, 1.82) is 0 Å². The molecule has 424 valence electrons. The van der Waals surface area contributed by atoms with Crippen LogP contribution < -0.4 is 0 Å². The third-order valence-corrected chi connectivity index (χ3v) is 12.8. The van der Waals surface area contributed by atoms with Gasteiger partial charge in [0.15, 0.2) is 0 Å². The zero-order valence-corrected chi connectivity index (χ0v) is 49.6. The molecular weight excluding hydrogens is 885 g/mol. The van der Waals surface area contributed by atoms with Crippen molar-refractivity contribution in [2.24, 2.45) is 11.3 Å². The van der Waals surface area contributed by atoms with E-state index < -0.39 is 0 Å². The number of rotatable bonds is 48. The predicted molar refractivity (Wildman–Crippen MR) is 304 cm³/mol. The highest BCUT2D eigenvalue weighted by molar-refractivity contribution is 5.75. The van der Waals surface area contributed by atoms with Crippen LogP contribution in [0.25, 0.3) is 0 Å². The Morgan fingerprint density at radius 1 is 0.324 bits per heavy atom. The normalized spacial score (nSPS) is 11.3. The quantitative estimate of drug-likeness (QED) is 0.0337. The van der Waals surface area contributed by atoms with Gasteiger partial charge in [-0.05, 0) is 86.5 Å². The lowest BCUT2D eigenvalue weighted by Crippen LogP contribution is -2.23. The number of ether oxygens (including phenoxy) is 4. The van der Waals surface area contributed by atoms with E-state index >= 15 is 0 Å². The second-order valence-corrected chi connectivity index (χ2v) is 22.8. The number of hydrogen-bond donors (Lipinski definition) is 0. The minimum absolute atomic E-state index is 0.0222. The van der Waals surface area contributed by atoms with E-state index in [0.29, 0.717) is 45.3 Å². The molecule has 0 aromatic carbocycles. The van der Waals surface area contributed by atoms with Gasteiger partial charge in [0.2, 0.25) is 0 Å². The lowest BCUT2D eigenvalue weighted by Gasteiger charge is -2.16. The second kappa shape index (κ2) is 57.2. The van der Waals surface area contributed by atoms with E-state index in [4.69, 9.17) is 18.9 Å². The Kier molecular flexibility index (Phi) is 58.9. The molecule has 0 amide bonds. The van der Waals surface area contributed by atoms with E-state index in [2.05, 4.69) is 27.7 Å². The number of esters is 4. The van der Waals surface area contributed by atoms with Crippen molar-refractivity contribution in [3.63, 3.8) is 0 Å². The maximum Gasteiger partial charge on any atom is 0.311 e. The zero-order valence-electron chi connectivity index (χ0n) is 49.6. The van der Waals surface area contributed by atoms with Crippen LogP contribution in [0.3, 0.4) is 0 Å². The first-order valence-electron chi connectivity index (χ1n) is 30.8. The van der Waals surface area contributed by atoms with E-state index in [1.807, 2.05) is 48.5 Å². The highest BCUT2D eigenvalue weighted by atomic mass is 16.5.